The lowest BCUT2D eigenvalue weighted by molar-refractivity contribution is -0.127. The fraction of sp³-hybridized carbons (Fsp3) is 0.389. The first-order valence-electron chi connectivity index (χ1n) is 8.44. The zero-order chi connectivity index (χ0) is 17.8. The molecule has 1 aromatic carbocycles. The molecule has 0 saturated heterocycles. The lowest BCUT2D eigenvalue weighted by Gasteiger charge is -2.26. The molecule has 0 unspecified atom stereocenters. The average molecular weight is 378 g/mol. The number of aromatic nitrogens is 2. The molecule has 26 heavy (non-hydrogen) atoms. The van der Waals surface area contributed by atoms with Gasteiger partial charge in [0, 0.05) is 31.9 Å². The molecule has 1 aliphatic rings. The number of anilines is 1. The van der Waals surface area contributed by atoms with E-state index in [4.69, 9.17) is 5.73 Å². The molecular formula is C18H24ClN5O2. The van der Waals surface area contributed by atoms with Crippen LogP contribution >= 0.6 is 12.4 Å². The summed E-state index contributed by atoms with van der Waals surface area (Å²) in [6.07, 6.45) is 5.00. The second kappa shape index (κ2) is 8.82. The Hall–Kier alpha value is -2.38. The minimum Gasteiger partial charge on any atom is -0.344 e. The minimum atomic E-state index is -0.542. The molecular weight excluding hydrogens is 354 g/mol. The predicted molar refractivity (Wildman–Crippen MR) is 102 cm³/mol. The summed E-state index contributed by atoms with van der Waals surface area (Å²) in [6, 6.07) is 7.34. The van der Waals surface area contributed by atoms with Gasteiger partial charge in [0.1, 0.15) is 6.04 Å². The molecule has 0 radical (unpaired) electrons. The molecule has 2 amide bonds. The van der Waals surface area contributed by atoms with Gasteiger partial charge in [-0.05, 0) is 24.5 Å². The Morgan fingerprint density at radius 1 is 1.38 bits per heavy atom. The fourth-order valence-electron chi connectivity index (χ4n) is 3.11. The van der Waals surface area contributed by atoms with Gasteiger partial charge in [0.25, 0.3) is 0 Å². The van der Waals surface area contributed by atoms with Gasteiger partial charge in [-0.2, -0.15) is 0 Å². The number of benzene rings is 1. The molecule has 140 valence electrons. The molecule has 3 rings (SSSR count). The highest BCUT2D eigenvalue weighted by Gasteiger charge is 2.31. The Morgan fingerprint density at radius 2 is 2.15 bits per heavy atom. The van der Waals surface area contributed by atoms with Gasteiger partial charge < -0.3 is 20.5 Å². The summed E-state index contributed by atoms with van der Waals surface area (Å²) in [7, 11) is 1.90. The van der Waals surface area contributed by atoms with Crippen LogP contribution in [-0.4, -0.2) is 34.0 Å². The third-order valence-electron chi connectivity index (χ3n) is 4.49. The van der Waals surface area contributed by atoms with Crippen molar-refractivity contribution < 1.29 is 9.59 Å². The number of para-hydroxylation sites is 1. The van der Waals surface area contributed by atoms with E-state index in [0.29, 0.717) is 13.0 Å². The number of fused-ring (bicyclic) bond motifs is 1. The Bertz CT molecular complexity index is 776. The van der Waals surface area contributed by atoms with E-state index < -0.39 is 6.04 Å². The molecule has 3 N–H and O–H groups in total. The standard InChI is InChI=1S/C18H23N5O2.ClH/c1-22-12-20-10-14(22)11-23-16-5-3-2-4-13(16)6-7-15(18(23)25)21-17(24)8-9-19;/h2-5,10,12,15H,6-9,11,19H2,1H3,(H,21,24);1H/t15-;/m0./s1. The van der Waals surface area contributed by atoms with Crippen molar-refractivity contribution in [3.8, 4) is 0 Å². The van der Waals surface area contributed by atoms with Gasteiger partial charge in [0.05, 0.1) is 18.6 Å². The lowest BCUT2D eigenvalue weighted by Crippen LogP contribution is -2.48. The van der Waals surface area contributed by atoms with E-state index in [1.165, 1.54) is 0 Å². The van der Waals surface area contributed by atoms with Crippen molar-refractivity contribution in [3.63, 3.8) is 0 Å². The van der Waals surface area contributed by atoms with Crippen LogP contribution in [0.4, 0.5) is 5.69 Å². The zero-order valence-electron chi connectivity index (χ0n) is 14.7. The number of halogens is 1. The van der Waals surface area contributed by atoms with Gasteiger partial charge in [0.15, 0.2) is 0 Å². The third kappa shape index (κ3) is 4.23. The van der Waals surface area contributed by atoms with E-state index in [2.05, 4.69) is 10.3 Å². The third-order valence-corrected chi connectivity index (χ3v) is 4.49. The van der Waals surface area contributed by atoms with Crippen LogP contribution in [0.15, 0.2) is 36.8 Å². The van der Waals surface area contributed by atoms with Crippen LogP contribution in [0.1, 0.15) is 24.1 Å². The summed E-state index contributed by atoms with van der Waals surface area (Å²) in [5.74, 6) is -0.288. The number of carbonyl (C=O) groups excluding carboxylic acids is 2. The first kappa shape index (κ1) is 19.9. The molecule has 1 aliphatic heterocycles. The topological polar surface area (TPSA) is 93.2 Å². The highest BCUT2D eigenvalue weighted by Crippen LogP contribution is 2.28. The summed E-state index contributed by atoms with van der Waals surface area (Å²) < 4.78 is 1.89. The van der Waals surface area contributed by atoms with Crippen LogP contribution in [-0.2, 0) is 29.6 Å². The molecule has 1 atom stereocenters. The van der Waals surface area contributed by atoms with Crippen molar-refractivity contribution in [2.75, 3.05) is 11.4 Å². The van der Waals surface area contributed by atoms with Crippen LogP contribution in [0.3, 0.4) is 0 Å². The number of nitrogens with one attached hydrogen (secondary N) is 1. The summed E-state index contributed by atoms with van der Waals surface area (Å²) in [4.78, 5) is 30.9. The van der Waals surface area contributed by atoms with E-state index in [1.54, 1.807) is 17.4 Å². The molecule has 1 aromatic heterocycles. The lowest BCUT2D eigenvalue weighted by atomic mass is 10.1. The van der Waals surface area contributed by atoms with Crippen molar-refractivity contribution in [3.05, 3.63) is 48.0 Å². The number of amides is 2. The second-order valence-corrected chi connectivity index (χ2v) is 6.25. The zero-order valence-corrected chi connectivity index (χ0v) is 15.5. The van der Waals surface area contributed by atoms with Gasteiger partial charge in [-0.25, -0.2) is 4.98 Å². The van der Waals surface area contributed by atoms with Crippen LogP contribution in [0.2, 0.25) is 0 Å². The maximum atomic E-state index is 13.1. The number of carbonyl (C=O) groups is 2. The van der Waals surface area contributed by atoms with E-state index in [0.717, 1.165) is 23.4 Å². The van der Waals surface area contributed by atoms with Gasteiger partial charge in [-0.15, -0.1) is 12.4 Å². The normalized spacial score (nSPS) is 16.5. The Kier molecular flexibility index (Phi) is 6.76. The van der Waals surface area contributed by atoms with Gasteiger partial charge in [0.2, 0.25) is 11.8 Å². The maximum absolute atomic E-state index is 13.1. The second-order valence-electron chi connectivity index (χ2n) is 6.25. The number of rotatable bonds is 5. The van der Waals surface area contributed by atoms with Crippen LogP contribution in [0, 0.1) is 0 Å². The summed E-state index contributed by atoms with van der Waals surface area (Å²) >= 11 is 0. The quantitative estimate of drug-likeness (QED) is 0.817. The van der Waals surface area contributed by atoms with Gasteiger partial charge in [-0.3, -0.25) is 9.59 Å². The van der Waals surface area contributed by atoms with E-state index in [1.807, 2.05) is 35.9 Å². The smallest absolute Gasteiger partial charge is 0.249 e. The number of aryl methyl sites for hydroxylation is 2. The van der Waals surface area contributed by atoms with Crippen LogP contribution in [0.5, 0.6) is 0 Å². The van der Waals surface area contributed by atoms with Crippen molar-refractivity contribution >= 4 is 29.9 Å². The van der Waals surface area contributed by atoms with Gasteiger partial charge >= 0.3 is 0 Å². The Labute approximate surface area is 159 Å². The number of hydrogen-bond acceptors (Lipinski definition) is 4. The maximum Gasteiger partial charge on any atom is 0.249 e. The number of hydrogen-bond donors (Lipinski definition) is 2. The molecule has 0 aliphatic carbocycles. The number of imidazole rings is 1. The van der Waals surface area contributed by atoms with Crippen molar-refractivity contribution in [1.82, 2.24) is 14.9 Å². The number of nitrogens with two attached hydrogens (primary N) is 1. The molecule has 2 aromatic rings. The highest BCUT2D eigenvalue weighted by molar-refractivity contribution is 6.00. The molecule has 0 bridgehead atoms. The molecule has 2 heterocycles. The average Bonchev–Trinajstić information content (AvgIpc) is 2.96. The minimum absolute atomic E-state index is 0. The highest BCUT2D eigenvalue weighted by atomic mass is 35.5. The largest absolute Gasteiger partial charge is 0.344 e. The van der Waals surface area contributed by atoms with Crippen molar-refractivity contribution in [2.24, 2.45) is 12.8 Å². The van der Waals surface area contributed by atoms with Crippen LogP contribution in [0.25, 0.3) is 0 Å². The monoisotopic (exact) mass is 377 g/mol. The van der Waals surface area contributed by atoms with Crippen molar-refractivity contribution in [1.29, 1.82) is 0 Å². The summed E-state index contributed by atoms with van der Waals surface area (Å²) in [6.45, 7) is 0.682. The Balaban J connectivity index is 0.00000243. The SMILES string of the molecule is Cl.Cn1cncc1CN1C(=O)[C@@H](NC(=O)CCN)CCc2ccccc21. The van der Waals surface area contributed by atoms with Crippen LogP contribution < -0.4 is 16.0 Å². The predicted octanol–water partition coefficient (Wildman–Crippen LogP) is 1.15. The first-order valence-corrected chi connectivity index (χ1v) is 8.44. The Morgan fingerprint density at radius 3 is 2.85 bits per heavy atom. The first-order chi connectivity index (χ1) is 12.1. The van der Waals surface area contributed by atoms with E-state index in [9.17, 15) is 9.59 Å². The van der Waals surface area contributed by atoms with Crippen molar-refractivity contribution in [2.45, 2.75) is 31.8 Å². The molecule has 8 heteroatoms. The molecule has 0 saturated carbocycles. The number of nitrogens with zero attached hydrogens (tertiary/aromatic N) is 3. The van der Waals surface area contributed by atoms with E-state index >= 15 is 0 Å². The van der Waals surface area contributed by atoms with Gasteiger partial charge in [-0.1, -0.05) is 18.2 Å². The van der Waals surface area contributed by atoms with E-state index in [-0.39, 0.29) is 37.2 Å². The molecule has 0 fully saturated rings. The molecule has 0 spiro atoms. The fourth-order valence-corrected chi connectivity index (χ4v) is 3.11. The molecule has 7 nitrogen and oxygen atoms in total. The summed E-state index contributed by atoms with van der Waals surface area (Å²) in [5, 5.41) is 2.84. The summed E-state index contributed by atoms with van der Waals surface area (Å²) in [5.41, 5.74) is 8.36.